The van der Waals surface area contributed by atoms with Crippen LogP contribution >= 0.6 is 11.6 Å². The van der Waals surface area contributed by atoms with Gasteiger partial charge in [0.25, 0.3) is 0 Å². The topological polar surface area (TPSA) is 63.3 Å². The first-order valence-electron chi connectivity index (χ1n) is 9.27. The molecular formula is C17H13ClN4O. The molecule has 2 heterocycles. The van der Waals surface area contributed by atoms with E-state index in [0.717, 1.165) is 0 Å². The van der Waals surface area contributed by atoms with Crippen molar-refractivity contribution in [2.24, 2.45) is 4.99 Å². The van der Waals surface area contributed by atoms with Crippen molar-refractivity contribution in [1.82, 2.24) is 14.8 Å². The number of halogens is 1. The molecule has 6 heteroatoms. The number of aliphatic imine (C=N–C) groups is 1. The molecule has 5 nitrogen and oxygen atoms in total. The number of hydrogen-bond donors (Lipinski definition) is 1. The van der Waals surface area contributed by atoms with Crippen molar-refractivity contribution in [1.29, 1.82) is 0 Å². The maximum atomic E-state index is 10.6. The molecule has 0 radical (unpaired) electrons. The predicted molar refractivity (Wildman–Crippen MR) is 88.1 cm³/mol. The maximum absolute atomic E-state index is 10.6. The first kappa shape index (κ1) is 9.60. The third-order valence-corrected chi connectivity index (χ3v) is 3.76. The van der Waals surface area contributed by atoms with E-state index in [-0.39, 0.29) is 17.1 Å². The van der Waals surface area contributed by atoms with E-state index in [1.54, 1.807) is 29.7 Å². The third-order valence-electron chi connectivity index (χ3n) is 3.52. The number of nitrogens with zero attached hydrogens (tertiary/aromatic N) is 4. The van der Waals surface area contributed by atoms with Gasteiger partial charge in [-0.15, -0.1) is 10.2 Å². The molecule has 0 spiro atoms. The standard InChI is InChI=1S/C17H13ClN4O/c1-10-20-21-16-17(23)19-15(11-5-3-2-4-6-11)13-9-12(18)7-8-14(13)22(10)16/h2-9,17,23H,1H3/i2D,3D,4D,5D,6D. The molecule has 0 fully saturated rings. The first-order valence-corrected chi connectivity index (χ1v) is 7.15. The highest BCUT2D eigenvalue weighted by Crippen LogP contribution is 2.31. The Morgan fingerprint density at radius 2 is 2.00 bits per heavy atom. The van der Waals surface area contributed by atoms with E-state index in [1.165, 1.54) is 0 Å². The molecule has 0 saturated heterocycles. The van der Waals surface area contributed by atoms with Crippen LogP contribution < -0.4 is 0 Å². The van der Waals surface area contributed by atoms with Gasteiger partial charge in [-0.3, -0.25) is 4.57 Å². The van der Waals surface area contributed by atoms with E-state index in [4.69, 9.17) is 18.5 Å². The summed E-state index contributed by atoms with van der Waals surface area (Å²) in [5.41, 5.74) is 0.840. The zero-order chi connectivity index (χ0) is 20.3. The van der Waals surface area contributed by atoms with Crippen LogP contribution in [0, 0.1) is 6.92 Å². The fourth-order valence-corrected chi connectivity index (χ4v) is 2.73. The van der Waals surface area contributed by atoms with Gasteiger partial charge < -0.3 is 5.11 Å². The van der Waals surface area contributed by atoms with E-state index in [2.05, 4.69) is 15.2 Å². The van der Waals surface area contributed by atoms with E-state index >= 15 is 0 Å². The summed E-state index contributed by atoms with van der Waals surface area (Å²) in [4.78, 5) is 4.24. The van der Waals surface area contributed by atoms with Gasteiger partial charge in [-0.05, 0) is 25.1 Å². The number of rotatable bonds is 1. The number of aliphatic hydroxyl groups is 1. The van der Waals surface area contributed by atoms with Crippen molar-refractivity contribution < 1.29 is 12.0 Å². The molecule has 1 atom stereocenters. The number of hydrogen-bond acceptors (Lipinski definition) is 4. The van der Waals surface area contributed by atoms with Gasteiger partial charge in [0.2, 0.25) is 6.23 Å². The molecule has 23 heavy (non-hydrogen) atoms. The molecule has 0 aliphatic carbocycles. The Bertz CT molecular complexity index is 1150. The van der Waals surface area contributed by atoms with Gasteiger partial charge in [0, 0.05) is 16.1 Å². The molecular weight excluding hydrogens is 312 g/mol. The molecule has 1 N–H and O–H groups in total. The van der Waals surface area contributed by atoms with Crippen molar-refractivity contribution in [3.8, 4) is 5.69 Å². The summed E-state index contributed by atoms with van der Waals surface area (Å²) >= 11 is 6.17. The molecule has 2 aromatic carbocycles. The molecule has 0 saturated carbocycles. The quantitative estimate of drug-likeness (QED) is 0.746. The molecule has 1 aromatic heterocycles. The Balaban J connectivity index is 2.12. The van der Waals surface area contributed by atoms with Crippen LogP contribution in [0.3, 0.4) is 0 Å². The highest BCUT2D eigenvalue weighted by Gasteiger charge is 2.26. The number of aromatic nitrogens is 3. The van der Waals surface area contributed by atoms with E-state index in [1.807, 2.05) is 0 Å². The van der Waals surface area contributed by atoms with Crippen molar-refractivity contribution in [2.45, 2.75) is 13.2 Å². The summed E-state index contributed by atoms with van der Waals surface area (Å²) in [7, 11) is 0. The van der Waals surface area contributed by atoms with Gasteiger partial charge in [-0.2, -0.15) is 0 Å². The Morgan fingerprint density at radius 3 is 2.78 bits per heavy atom. The van der Waals surface area contributed by atoms with Crippen molar-refractivity contribution in [2.75, 3.05) is 0 Å². The van der Waals surface area contributed by atoms with Crippen LogP contribution in [-0.4, -0.2) is 25.6 Å². The lowest BCUT2D eigenvalue weighted by Crippen LogP contribution is -2.08. The number of benzene rings is 2. The van der Waals surface area contributed by atoms with Gasteiger partial charge in [-0.1, -0.05) is 41.8 Å². The minimum Gasteiger partial charge on any atom is -0.365 e. The average Bonchev–Trinajstić information content (AvgIpc) is 3.00. The Labute approximate surface area is 144 Å². The van der Waals surface area contributed by atoms with Gasteiger partial charge in [0.05, 0.1) is 18.3 Å². The largest absolute Gasteiger partial charge is 0.365 e. The summed E-state index contributed by atoms with van der Waals surface area (Å²) in [6.45, 7) is 1.71. The summed E-state index contributed by atoms with van der Waals surface area (Å²) in [6.07, 6.45) is -1.44. The highest BCUT2D eigenvalue weighted by atomic mass is 35.5. The molecule has 1 aliphatic heterocycles. The van der Waals surface area contributed by atoms with Crippen LogP contribution in [0.2, 0.25) is 5.02 Å². The Kier molecular flexibility index (Phi) is 2.21. The van der Waals surface area contributed by atoms with Crippen LogP contribution in [0.1, 0.15) is 35.9 Å². The zero-order valence-corrected chi connectivity index (χ0v) is 12.7. The second kappa shape index (κ2) is 5.30. The molecule has 4 rings (SSSR count). The zero-order valence-electron chi connectivity index (χ0n) is 16.9. The van der Waals surface area contributed by atoms with Gasteiger partial charge >= 0.3 is 0 Å². The van der Waals surface area contributed by atoms with Crippen molar-refractivity contribution >= 4 is 17.3 Å². The summed E-state index contributed by atoms with van der Waals surface area (Å²) < 4.78 is 41.8. The summed E-state index contributed by atoms with van der Waals surface area (Å²) in [5, 5.41) is 18.9. The second-order valence-corrected chi connectivity index (χ2v) is 5.39. The molecule has 1 unspecified atom stereocenters. The minimum atomic E-state index is -1.44. The normalized spacial score (nSPS) is 19.3. The summed E-state index contributed by atoms with van der Waals surface area (Å²) in [5.74, 6) is 0.651. The highest BCUT2D eigenvalue weighted by molar-refractivity contribution is 6.31. The lowest BCUT2D eigenvalue weighted by Gasteiger charge is -2.12. The summed E-state index contributed by atoms with van der Waals surface area (Å²) in [6, 6.07) is 2.56. The number of aryl methyl sites for hydroxylation is 1. The fraction of sp³-hybridized carbons (Fsp3) is 0.118. The van der Waals surface area contributed by atoms with Gasteiger partial charge in [-0.25, -0.2) is 4.99 Å². The lowest BCUT2D eigenvalue weighted by atomic mass is 10.0. The number of aliphatic hydroxyl groups excluding tert-OH is 1. The molecule has 3 aromatic rings. The van der Waals surface area contributed by atoms with E-state index in [9.17, 15) is 5.11 Å². The minimum absolute atomic E-state index is 0.0342. The van der Waals surface area contributed by atoms with Crippen molar-refractivity contribution in [3.05, 3.63) is 76.2 Å². The van der Waals surface area contributed by atoms with Gasteiger partial charge in [0.15, 0.2) is 5.82 Å². The fourth-order valence-electron chi connectivity index (χ4n) is 2.55. The predicted octanol–water partition coefficient (Wildman–Crippen LogP) is 3.07. The molecule has 114 valence electrons. The van der Waals surface area contributed by atoms with Crippen LogP contribution in [0.15, 0.2) is 53.4 Å². The Morgan fingerprint density at radius 1 is 1.22 bits per heavy atom. The molecule has 1 aliphatic rings. The maximum Gasteiger partial charge on any atom is 0.207 e. The van der Waals surface area contributed by atoms with Crippen molar-refractivity contribution in [3.63, 3.8) is 0 Å². The van der Waals surface area contributed by atoms with E-state index in [0.29, 0.717) is 22.1 Å². The number of fused-ring (bicyclic) bond motifs is 3. The van der Waals surface area contributed by atoms with Crippen LogP contribution in [0.4, 0.5) is 0 Å². The van der Waals surface area contributed by atoms with Gasteiger partial charge in [0.1, 0.15) is 5.82 Å². The molecule has 0 bridgehead atoms. The first-order chi connectivity index (χ1) is 13.2. The van der Waals surface area contributed by atoms with Crippen LogP contribution in [0.25, 0.3) is 5.69 Å². The van der Waals surface area contributed by atoms with E-state index < -0.39 is 36.4 Å². The smallest absolute Gasteiger partial charge is 0.207 e. The SMILES string of the molecule is [2H]c1c([2H])c([2H])c(C2=NC(O)c3nnc(C)n3-c3ccc(Cl)cc32)c([2H])c1[2H]. The lowest BCUT2D eigenvalue weighted by molar-refractivity contribution is 0.177. The molecule has 0 amide bonds. The monoisotopic (exact) mass is 329 g/mol. The third kappa shape index (κ3) is 2.25. The average molecular weight is 330 g/mol. The second-order valence-electron chi connectivity index (χ2n) is 4.95. The van der Waals surface area contributed by atoms with Crippen LogP contribution in [-0.2, 0) is 0 Å². The van der Waals surface area contributed by atoms with Crippen LogP contribution in [0.5, 0.6) is 0 Å². The Hall–Kier alpha value is -2.50.